The number of amides is 6. The van der Waals surface area contributed by atoms with Gasteiger partial charge in [0.1, 0.15) is 7.63 Å². The third kappa shape index (κ3) is 9.28. The van der Waals surface area contributed by atoms with Gasteiger partial charge >= 0.3 is 6.03 Å². The summed E-state index contributed by atoms with van der Waals surface area (Å²) >= 11 is 0. The molecular formula is C22H35N5O7. The largest absolute Gasteiger partial charge is 0.352 e. The van der Waals surface area contributed by atoms with Crippen molar-refractivity contribution in [3.05, 3.63) is 0 Å². The highest BCUT2D eigenvalue weighted by Crippen LogP contribution is 2.19. The predicted molar refractivity (Wildman–Crippen MR) is 121 cm³/mol. The van der Waals surface area contributed by atoms with Crippen molar-refractivity contribution < 1.29 is 34.9 Å². The SMILES string of the molecule is [2H]C(=O)CNC(=O)[C@H](CCCNC(N)=O)CC(=O)[C@@H](NC(=O)CCN1C(=O)CC(C)C1=O)C(C)C. The van der Waals surface area contributed by atoms with Gasteiger partial charge in [-0.15, -0.1) is 0 Å². The summed E-state index contributed by atoms with van der Waals surface area (Å²) in [5.41, 5.74) is 5.01. The summed E-state index contributed by atoms with van der Waals surface area (Å²) < 4.78 is 6.93. The molecule has 6 amide bonds. The number of hydrogen-bond donors (Lipinski definition) is 4. The first-order valence-electron chi connectivity index (χ1n) is 11.8. The molecule has 0 radical (unpaired) electrons. The maximum atomic E-state index is 13.0. The second-order valence-corrected chi connectivity index (χ2v) is 8.69. The number of ketones is 1. The van der Waals surface area contributed by atoms with E-state index in [9.17, 15) is 33.6 Å². The first-order valence-corrected chi connectivity index (χ1v) is 11.3. The van der Waals surface area contributed by atoms with E-state index in [1.165, 1.54) is 0 Å². The van der Waals surface area contributed by atoms with Crippen LogP contribution < -0.4 is 21.7 Å². The lowest BCUT2D eigenvalue weighted by Crippen LogP contribution is -2.47. The number of imide groups is 1. The van der Waals surface area contributed by atoms with Crippen LogP contribution in [0.3, 0.4) is 0 Å². The summed E-state index contributed by atoms with van der Waals surface area (Å²) in [6.07, 6.45) is -0.751. The van der Waals surface area contributed by atoms with Gasteiger partial charge < -0.3 is 26.5 Å². The van der Waals surface area contributed by atoms with Crippen molar-refractivity contribution in [3.63, 3.8) is 0 Å². The van der Waals surface area contributed by atoms with Gasteiger partial charge in [0.05, 0.1) is 12.6 Å². The van der Waals surface area contributed by atoms with E-state index in [4.69, 9.17) is 7.10 Å². The maximum Gasteiger partial charge on any atom is 0.312 e. The van der Waals surface area contributed by atoms with Gasteiger partial charge in [-0.05, 0) is 18.8 Å². The molecule has 12 nitrogen and oxygen atoms in total. The fourth-order valence-electron chi connectivity index (χ4n) is 3.68. The highest BCUT2D eigenvalue weighted by Gasteiger charge is 2.36. The van der Waals surface area contributed by atoms with E-state index in [2.05, 4.69) is 16.0 Å². The van der Waals surface area contributed by atoms with E-state index in [0.717, 1.165) is 4.90 Å². The molecule has 0 aromatic heterocycles. The number of hydrogen-bond acceptors (Lipinski definition) is 7. The molecule has 0 bridgehead atoms. The lowest BCUT2D eigenvalue weighted by molar-refractivity contribution is -0.140. The number of rotatable bonds is 15. The number of urea groups is 1. The van der Waals surface area contributed by atoms with Gasteiger partial charge in [-0.1, -0.05) is 20.8 Å². The average molecular weight is 483 g/mol. The van der Waals surface area contributed by atoms with Gasteiger partial charge in [0.15, 0.2) is 5.78 Å². The molecule has 0 aliphatic carbocycles. The third-order valence-electron chi connectivity index (χ3n) is 5.54. The summed E-state index contributed by atoms with van der Waals surface area (Å²) in [6, 6.07) is -1.64. The Labute approximate surface area is 200 Å². The topological polar surface area (TPSA) is 185 Å². The van der Waals surface area contributed by atoms with Gasteiger partial charge in [-0.2, -0.15) is 0 Å². The van der Waals surface area contributed by atoms with Crippen molar-refractivity contribution in [2.45, 2.75) is 58.9 Å². The Kier molecular flexibility index (Phi) is 11.1. The quantitative estimate of drug-likeness (QED) is 0.134. The van der Waals surface area contributed by atoms with Gasteiger partial charge in [0.2, 0.25) is 23.6 Å². The molecule has 3 atom stereocenters. The number of Topliss-reactive ketones (excluding diaryl/α,β-unsaturated/α-hetero) is 1. The molecule has 0 aromatic carbocycles. The minimum atomic E-state index is -0.990. The van der Waals surface area contributed by atoms with Crippen LogP contribution in [0.1, 0.15) is 54.2 Å². The van der Waals surface area contributed by atoms with E-state index in [-0.39, 0.29) is 56.5 Å². The lowest BCUT2D eigenvalue weighted by atomic mass is 9.89. The molecule has 0 spiro atoms. The van der Waals surface area contributed by atoms with E-state index in [1.54, 1.807) is 20.8 Å². The first kappa shape index (κ1) is 26.9. The normalized spacial score (nSPS) is 17.7. The number of aldehydes is 1. The molecular weight excluding hydrogens is 446 g/mol. The van der Waals surface area contributed by atoms with Crippen LogP contribution in [-0.4, -0.2) is 72.3 Å². The van der Waals surface area contributed by atoms with Gasteiger partial charge in [0, 0.05) is 44.2 Å². The molecule has 1 heterocycles. The molecule has 1 saturated heterocycles. The fraction of sp³-hybridized carbons (Fsp3) is 0.682. The smallest absolute Gasteiger partial charge is 0.312 e. The molecule has 0 saturated carbocycles. The monoisotopic (exact) mass is 482 g/mol. The van der Waals surface area contributed by atoms with Crippen molar-refractivity contribution in [2.75, 3.05) is 19.6 Å². The minimum Gasteiger partial charge on any atom is -0.352 e. The van der Waals surface area contributed by atoms with E-state index in [1.807, 2.05) is 0 Å². The first-order chi connectivity index (χ1) is 16.3. The van der Waals surface area contributed by atoms with Crippen LogP contribution in [0.5, 0.6) is 0 Å². The van der Waals surface area contributed by atoms with Crippen molar-refractivity contribution in [2.24, 2.45) is 23.5 Å². The molecule has 190 valence electrons. The summed E-state index contributed by atoms with van der Waals surface area (Å²) in [5.74, 6) is -3.75. The fourth-order valence-corrected chi connectivity index (χ4v) is 3.68. The zero-order chi connectivity index (χ0) is 26.7. The highest BCUT2D eigenvalue weighted by atomic mass is 16.2. The Hall–Kier alpha value is -3.31. The number of likely N-dealkylation sites (tertiary alicyclic amines) is 1. The molecule has 1 rings (SSSR count). The molecule has 1 fully saturated rings. The molecule has 1 unspecified atom stereocenters. The Morgan fingerprint density at radius 1 is 1.24 bits per heavy atom. The molecule has 0 aromatic rings. The van der Waals surface area contributed by atoms with E-state index >= 15 is 0 Å². The second-order valence-electron chi connectivity index (χ2n) is 8.69. The van der Waals surface area contributed by atoms with Crippen molar-refractivity contribution in [1.29, 1.82) is 0 Å². The Morgan fingerprint density at radius 3 is 2.44 bits per heavy atom. The summed E-state index contributed by atoms with van der Waals surface area (Å²) in [6.45, 7) is 4.70. The number of nitrogens with two attached hydrogens (primary N) is 1. The van der Waals surface area contributed by atoms with Gasteiger partial charge in [0.25, 0.3) is 0 Å². The molecule has 34 heavy (non-hydrogen) atoms. The van der Waals surface area contributed by atoms with Crippen LogP contribution >= 0.6 is 0 Å². The number of carbonyl (C=O) groups excluding carboxylic acids is 7. The lowest BCUT2D eigenvalue weighted by Gasteiger charge is -2.24. The molecule has 5 N–H and O–H groups in total. The van der Waals surface area contributed by atoms with Crippen LogP contribution in [0.4, 0.5) is 4.79 Å². The zero-order valence-electron chi connectivity index (χ0n) is 20.8. The predicted octanol–water partition coefficient (Wildman–Crippen LogP) is -0.749. The zero-order valence-corrected chi connectivity index (χ0v) is 19.8. The van der Waals surface area contributed by atoms with Gasteiger partial charge in [-0.3, -0.25) is 28.9 Å². The minimum absolute atomic E-state index is 0.0775. The van der Waals surface area contributed by atoms with Crippen LogP contribution in [0.2, 0.25) is 0 Å². The molecule has 1 aliphatic heterocycles. The maximum absolute atomic E-state index is 13.0. The summed E-state index contributed by atoms with van der Waals surface area (Å²) in [7, 11) is 0. The Morgan fingerprint density at radius 2 is 1.91 bits per heavy atom. The summed E-state index contributed by atoms with van der Waals surface area (Å²) in [5, 5.41) is 7.33. The number of carbonyl (C=O) groups is 7. The summed E-state index contributed by atoms with van der Waals surface area (Å²) in [4.78, 5) is 84.7. The van der Waals surface area contributed by atoms with E-state index < -0.39 is 54.3 Å². The number of nitrogens with zero attached hydrogens (tertiary/aromatic N) is 1. The molecule has 12 heteroatoms. The van der Waals surface area contributed by atoms with Crippen molar-refractivity contribution >= 4 is 41.7 Å². The van der Waals surface area contributed by atoms with Crippen LogP contribution in [0, 0.1) is 17.8 Å². The third-order valence-corrected chi connectivity index (χ3v) is 5.54. The highest BCUT2D eigenvalue weighted by molar-refractivity contribution is 6.03. The Bertz CT molecular complexity index is 848. The second kappa shape index (κ2) is 14.1. The van der Waals surface area contributed by atoms with Crippen LogP contribution in [0.15, 0.2) is 0 Å². The van der Waals surface area contributed by atoms with E-state index in [0.29, 0.717) is 6.42 Å². The standard InChI is InChI=1S/C22H35N5O7/c1-13(2)19(26-17(30)6-9-27-18(31)11-14(3)21(27)33)16(29)12-15(20(32)24-8-10-28)5-4-7-25-22(23)34/h10,13-15,19H,4-9,11-12H2,1-3H3,(H,24,32)(H,26,30)(H3,23,25,34)/t14?,15-,19+/m1/s1/i10D. The van der Waals surface area contributed by atoms with Crippen LogP contribution in [-0.2, 0) is 28.8 Å². The van der Waals surface area contributed by atoms with Crippen LogP contribution in [0.25, 0.3) is 0 Å². The average Bonchev–Trinajstić information content (AvgIpc) is 3.01. The number of nitrogens with one attached hydrogen (secondary N) is 3. The van der Waals surface area contributed by atoms with Crippen molar-refractivity contribution in [3.8, 4) is 0 Å². The number of primary amides is 1. The van der Waals surface area contributed by atoms with Crippen molar-refractivity contribution in [1.82, 2.24) is 20.9 Å². The molecule has 1 aliphatic rings. The van der Waals surface area contributed by atoms with Gasteiger partial charge in [-0.25, -0.2) is 4.79 Å². The Balaban J connectivity index is 2.76.